The van der Waals surface area contributed by atoms with Crippen molar-refractivity contribution in [3.05, 3.63) is 83.6 Å². The van der Waals surface area contributed by atoms with Gasteiger partial charge in [0.15, 0.2) is 16.8 Å². The molecule has 0 fully saturated rings. The summed E-state index contributed by atoms with van der Waals surface area (Å²) in [5.74, 6) is -1.49. The Bertz CT molecular complexity index is 1250. The molecule has 168 valence electrons. The molecule has 2 aromatic heterocycles. The van der Waals surface area contributed by atoms with Gasteiger partial charge >= 0.3 is 0 Å². The van der Waals surface area contributed by atoms with Crippen LogP contribution in [0.5, 0.6) is 0 Å². The molecule has 1 N–H and O–H groups in total. The normalized spacial score (nSPS) is 10.9. The van der Waals surface area contributed by atoms with E-state index in [0.717, 1.165) is 28.4 Å². The maximum atomic E-state index is 13.9. The lowest BCUT2D eigenvalue weighted by molar-refractivity contribution is -0.116. The zero-order chi connectivity index (χ0) is 23.4. The first-order chi connectivity index (χ1) is 15.9. The minimum atomic E-state index is -0.735. The topological polar surface area (TPSA) is 80.9 Å². The minimum Gasteiger partial charge on any atom is -0.441 e. The second-order valence-corrected chi connectivity index (χ2v) is 8.36. The molecule has 0 unspecified atom stereocenters. The minimum absolute atomic E-state index is 0.0121. The van der Waals surface area contributed by atoms with Gasteiger partial charge in [-0.25, -0.2) is 23.7 Å². The number of rotatable bonds is 7. The van der Waals surface area contributed by atoms with E-state index >= 15 is 0 Å². The Morgan fingerprint density at radius 1 is 1.03 bits per heavy atom. The molecule has 1 amide bonds. The third-order valence-electron chi connectivity index (χ3n) is 4.64. The van der Waals surface area contributed by atoms with Crippen LogP contribution in [0.25, 0.3) is 11.3 Å². The van der Waals surface area contributed by atoms with Crippen LogP contribution in [0, 0.1) is 25.5 Å². The fourth-order valence-corrected chi connectivity index (χ4v) is 4.03. The number of hydrogen-bond acceptors (Lipinski definition) is 6. The lowest BCUT2D eigenvalue weighted by Crippen LogP contribution is -2.12. The molecule has 2 heterocycles. The Balaban J connectivity index is 1.32. The number of anilines is 1. The second kappa shape index (κ2) is 9.91. The third kappa shape index (κ3) is 5.81. The largest absolute Gasteiger partial charge is 0.441 e. The number of amides is 1. The van der Waals surface area contributed by atoms with Crippen molar-refractivity contribution in [2.75, 3.05) is 5.32 Å². The summed E-state index contributed by atoms with van der Waals surface area (Å²) in [5.41, 5.74) is 2.19. The maximum Gasteiger partial charge on any atom is 0.224 e. The number of hydrogen-bond donors (Lipinski definition) is 1. The first kappa shape index (κ1) is 22.6. The van der Waals surface area contributed by atoms with Crippen molar-refractivity contribution in [3.63, 3.8) is 0 Å². The van der Waals surface area contributed by atoms with Crippen molar-refractivity contribution >= 4 is 23.4 Å². The van der Waals surface area contributed by atoms with Crippen molar-refractivity contribution < 1.29 is 18.0 Å². The molecule has 0 saturated carbocycles. The molecule has 33 heavy (non-hydrogen) atoms. The first-order valence-electron chi connectivity index (χ1n) is 10.2. The number of carbonyl (C=O) groups excluding carboxylic acids is 1. The van der Waals surface area contributed by atoms with Crippen molar-refractivity contribution in [2.45, 2.75) is 36.7 Å². The van der Waals surface area contributed by atoms with E-state index in [1.165, 1.54) is 24.0 Å². The molecule has 0 spiro atoms. The van der Waals surface area contributed by atoms with Crippen LogP contribution in [0.3, 0.4) is 0 Å². The molecule has 0 radical (unpaired) electrons. The highest BCUT2D eigenvalue weighted by molar-refractivity contribution is 7.99. The highest BCUT2D eigenvalue weighted by Gasteiger charge is 2.16. The standard InChI is InChI=1S/C24H20F2N4O2S/c1-14-12-15(2)29-24(28-14)33-17-8-6-16(7-9-17)30-21(31)10-11-22-27-13-20(32-22)23-18(25)4-3-5-19(23)26/h3-9,12-13H,10-11H2,1-2H3,(H,30,31). The fraction of sp³-hybridized carbons (Fsp3) is 0.167. The highest BCUT2D eigenvalue weighted by Crippen LogP contribution is 2.28. The first-order valence-corrected chi connectivity index (χ1v) is 11.0. The van der Waals surface area contributed by atoms with Crippen LogP contribution >= 0.6 is 11.8 Å². The number of aromatic nitrogens is 3. The molecule has 6 nitrogen and oxygen atoms in total. The summed E-state index contributed by atoms with van der Waals surface area (Å²) in [4.78, 5) is 26.1. The predicted octanol–water partition coefficient (Wildman–Crippen LogP) is 5.75. The third-order valence-corrected chi connectivity index (χ3v) is 5.51. The van der Waals surface area contributed by atoms with E-state index in [4.69, 9.17) is 4.42 Å². The summed E-state index contributed by atoms with van der Waals surface area (Å²) in [5, 5.41) is 3.48. The average Bonchev–Trinajstić information content (AvgIpc) is 3.21. The van der Waals surface area contributed by atoms with Crippen LogP contribution in [0.4, 0.5) is 14.5 Å². The zero-order valence-corrected chi connectivity index (χ0v) is 18.7. The van der Waals surface area contributed by atoms with Gasteiger partial charge in [0, 0.05) is 34.8 Å². The van der Waals surface area contributed by atoms with E-state index in [1.807, 2.05) is 32.0 Å². The molecule has 0 saturated heterocycles. The number of halogens is 2. The molecule has 0 aliphatic heterocycles. The van der Waals surface area contributed by atoms with Crippen molar-refractivity contribution in [1.82, 2.24) is 15.0 Å². The summed E-state index contributed by atoms with van der Waals surface area (Å²) in [6.07, 6.45) is 1.55. The van der Waals surface area contributed by atoms with E-state index in [2.05, 4.69) is 20.3 Å². The Hall–Kier alpha value is -3.59. The lowest BCUT2D eigenvalue weighted by Gasteiger charge is -2.06. The number of oxazole rings is 1. The monoisotopic (exact) mass is 466 g/mol. The van der Waals surface area contributed by atoms with Crippen molar-refractivity contribution in [3.8, 4) is 11.3 Å². The van der Waals surface area contributed by atoms with Gasteiger partial charge in [0.1, 0.15) is 11.6 Å². The van der Waals surface area contributed by atoms with Gasteiger partial charge in [-0.15, -0.1) is 0 Å². The molecule has 4 aromatic rings. The summed E-state index contributed by atoms with van der Waals surface area (Å²) in [7, 11) is 0. The van der Waals surface area contributed by atoms with Gasteiger partial charge in [0.05, 0.1) is 11.8 Å². The van der Waals surface area contributed by atoms with Gasteiger partial charge in [-0.2, -0.15) is 0 Å². The molecule has 9 heteroatoms. The maximum absolute atomic E-state index is 13.9. The summed E-state index contributed by atoms with van der Waals surface area (Å²) in [6.45, 7) is 3.85. The molecule has 0 aliphatic rings. The summed E-state index contributed by atoms with van der Waals surface area (Å²) >= 11 is 1.44. The van der Waals surface area contributed by atoms with Gasteiger partial charge in [-0.1, -0.05) is 6.07 Å². The number of carbonyl (C=O) groups is 1. The van der Waals surface area contributed by atoms with Crippen LogP contribution in [-0.2, 0) is 11.2 Å². The molecular weight excluding hydrogens is 446 g/mol. The average molecular weight is 467 g/mol. The van der Waals surface area contributed by atoms with Gasteiger partial charge in [-0.05, 0) is 68.1 Å². The molecule has 4 rings (SSSR count). The lowest BCUT2D eigenvalue weighted by atomic mass is 10.1. The number of nitrogens with one attached hydrogen (secondary N) is 1. The fourth-order valence-electron chi connectivity index (χ4n) is 3.17. The number of aryl methyl sites for hydroxylation is 3. The van der Waals surface area contributed by atoms with Crippen LogP contribution < -0.4 is 5.32 Å². The van der Waals surface area contributed by atoms with E-state index < -0.39 is 11.6 Å². The van der Waals surface area contributed by atoms with Crippen LogP contribution in [0.2, 0.25) is 0 Å². The van der Waals surface area contributed by atoms with Crippen molar-refractivity contribution in [2.24, 2.45) is 0 Å². The molecule has 0 atom stereocenters. The van der Waals surface area contributed by atoms with Crippen molar-refractivity contribution in [1.29, 1.82) is 0 Å². The summed E-state index contributed by atoms with van der Waals surface area (Å²) in [6, 6.07) is 12.8. The molecule has 0 bridgehead atoms. The SMILES string of the molecule is Cc1cc(C)nc(Sc2ccc(NC(=O)CCc3ncc(-c4c(F)cccc4F)o3)cc2)n1. The van der Waals surface area contributed by atoms with E-state index in [1.54, 1.807) is 12.1 Å². The molecular formula is C24H20F2N4O2S. The van der Waals surface area contributed by atoms with E-state index in [9.17, 15) is 13.6 Å². The van der Waals surface area contributed by atoms with Gasteiger partial charge < -0.3 is 9.73 Å². The molecule has 0 aliphatic carbocycles. The number of nitrogens with zero attached hydrogens (tertiary/aromatic N) is 3. The second-order valence-electron chi connectivity index (χ2n) is 7.32. The van der Waals surface area contributed by atoms with E-state index in [0.29, 0.717) is 10.8 Å². The van der Waals surface area contributed by atoms with Gasteiger partial charge in [0.25, 0.3) is 0 Å². The van der Waals surface area contributed by atoms with Crippen LogP contribution in [-0.4, -0.2) is 20.9 Å². The highest BCUT2D eigenvalue weighted by atomic mass is 32.2. The van der Waals surface area contributed by atoms with Crippen LogP contribution in [0.1, 0.15) is 23.7 Å². The van der Waals surface area contributed by atoms with E-state index in [-0.39, 0.29) is 36.0 Å². The van der Waals surface area contributed by atoms with Gasteiger partial charge in [0.2, 0.25) is 5.91 Å². The Morgan fingerprint density at radius 2 is 1.70 bits per heavy atom. The molecule has 2 aromatic carbocycles. The van der Waals surface area contributed by atoms with Crippen LogP contribution in [0.15, 0.2) is 69.2 Å². The quantitative estimate of drug-likeness (QED) is 0.349. The number of benzene rings is 2. The zero-order valence-electron chi connectivity index (χ0n) is 17.9. The smallest absolute Gasteiger partial charge is 0.224 e. The Labute approximate surface area is 193 Å². The Kier molecular flexibility index (Phi) is 6.79. The van der Waals surface area contributed by atoms with Gasteiger partial charge in [-0.3, -0.25) is 4.79 Å². The predicted molar refractivity (Wildman–Crippen MR) is 121 cm³/mol. The summed E-state index contributed by atoms with van der Waals surface area (Å²) < 4.78 is 33.2. The Morgan fingerprint density at radius 3 is 2.36 bits per heavy atom.